The Balaban J connectivity index is 1.71. The minimum Gasteiger partial charge on any atom is -0.339 e. The van der Waals surface area contributed by atoms with Gasteiger partial charge in [0.1, 0.15) is 12.7 Å². The summed E-state index contributed by atoms with van der Waals surface area (Å²) in [5.74, 6) is 1.65. The molecule has 1 aliphatic heterocycles. The summed E-state index contributed by atoms with van der Waals surface area (Å²) < 4.78 is 1.81. The lowest BCUT2D eigenvalue weighted by atomic mass is 9.89. The quantitative estimate of drug-likeness (QED) is 0.830. The van der Waals surface area contributed by atoms with Crippen LogP contribution in [0.3, 0.4) is 0 Å². The zero-order chi connectivity index (χ0) is 17.8. The molecule has 2 aromatic rings. The van der Waals surface area contributed by atoms with Gasteiger partial charge in [0.15, 0.2) is 0 Å². The molecule has 134 valence electrons. The van der Waals surface area contributed by atoms with Crippen LogP contribution in [0.1, 0.15) is 55.5 Å². The SMILES string of the molecule is Cc1ccc(-n2cnnc2)c(C(=O)N2CCC(CCC(C)C)CC2)c1. The van der Waals surface area contributed by atoms with Crippen molar-refractivity contribution in [3.8, 4) is 5.69 Å². The van der Waals surface area contributed by atoms with E-state index in [9.17, 15) is 4.79 Å². The normalized spacial score (nSPS) is 15.8. The van der Waals surface area contributed by atoms with Crippen LogP contribution in [0.5, 0.6) is 0 Å². The van der Waals surface area contributed by atoms with Crippen molar-refractivity contribution in [2.45, 2.75) is 46.5 Å². The number of carbonyl (C=O) groups is 1. The van der Waals surface area contributed by atoms with Gasteiger partial charge in [-0.2, -0.15) is 0 Å². The Morgan fingerprint density at radius 3 is 2.52 bits per heavy atom. The maximum Gasteiger partial charge on any atom is 0.255 e. The highest BCUT2D eigenvalue weighted by Gasteiger charge is 2.25. The highest BCUT2D eigenvalue weighted by atomic mass is 16.2. The van der Waals surface area contributed by atoms with E-state index in [-0.39, 0.29) is 5.91 Å². The molecule has 0 spiro atoms. The molecule has 1 aromatic heterocycles. The number of benzene rings is 1. The van der Waals surface area contributed by atoms with Gasteiger partial charge >= 0.3 is 0 Å². The largest absolute Gasteiger partial charge is 0.339 e. The molecule has 2 heterocycles. The number of rotatable bonds is 5. The lowest BCUT2D eigenvalue weighted by Crippen LogP contribution is -2.39. The summed E-state index contributed by atoms with van der Waals surface area (Å²) in [7, 11) is 0. The Hall–Kier alpha value is -2.17. The summed E-state index contributed by atoms with van der Waals surface area (Å²) in [5.41, 5.74) is 2.68. The number of aryl methyl sites for hydroxylation is 1. The minimum atomic E-state index is 0.120. The number of aromatic nitrogens is 3. The summed E-state index contributed by atoms with van der Waals surface area (Å²) in [5, 5.41) is 7.73. The summed E-state index contributed by atoms with van der Waals surface area (Å²) in [4.78, 5) is 15.1. The van der Waals surface area contributed by atoms with E-state index in [2.05, 4.69) is 24.0 Å². The van der Waals surface area contributed by atoms with Gasteiger partial charge in [-0.1, -0.05) is 38.3 Å². The number of hydrogen-bond donors (Lipinski definition) is 0. The number of carbonyl (C=O) groups excluding carboxylic acids is 1. The molecule has 5 heteroatoms. The van der Waals surface area contributed by atoms with Gasteiger partial charge in [0.25, 0.3) is 5.91 Å². The zero-order valence-electron chi connectivity index (χ0n) is 15.5. The van der Waals surface area contributed by atoms with Gasteiger partial charge in [0.05, 0.1) is 11.3 Å². The van der Waals surface area contributed by atoms with Crippen molar-refractivity contribution in [2.24, 2.45) is 11.8 Å². The first-order valence-electron chi connectivity index (χ1n) is 9.29. The van der Waals surface area contributed by atoms with Crippen molar-refractivity contribution in [1.29, 1.82) is 0 Å². The molecule has 5 nitrogen and oxygen atoms in total. The number of piperidine rings is 1. The first kappa shape index (κ1) is 17.6. The minimum absolute atomic E-state index is 0.120. The maximum atomic E-state index is 13.1. The molecule has 1 aromatic carbocycles. The van der Waals surface area contributed by atoms with Crippen LogP contribution in [-0.4, -0.2) is 38.7 Å². The molecule has 1 aliphatic rings. The Morgan fingerprint density at radius 1 is 1.20 bits per heavy atom. The van der Waals surface area contributed by atoms with Crippen molar-refractivity contribution in [3.63, 3.8) is 0 Å². The van der Waals surface area contributed by atoms with Gasteiger partial charge in [-0.05, 0) is 43.7 Å². The van der Waals surface area contributed by atoms with E-state index in [0.717, 1.165) is 54.6 Å². The molecule has 0 aliphatic carbocycles. The monoisotopic (exact) mass is 340 g/mol. The molecular formula is C20H28N4O. The number of hydrogen-bond acceptors (Lipinski definition) is 3. The molecule has 1 amide bonds. The second-order valence-electron chi connectivity index (χ2n) is 7.60. The second-order valence-corrected chi connectivity index (χ2v) is 7.60. The fourth-order valence-electron chi connectivity index (χ4n) is 3.54. The maximum absolute atomic E-state index is 13.1. The van der Waals surface area contributed by atoms with E-state index in [1.54, 1.807) is 12.7 Å². The first-order valence-corrected chi connectivity index (χ1v) is 9.29. The van der Waals surface area contributed by atoms with Crippen LogP contribution in [0.2, 0.25) is 0 Å². The number of nitrogens with zero attached hydrogens (tertiary/aromatic N) is 4. The van der Waals surface area contributed by atoms with Crippen molar-refractivity contribution < 1.29 is 4.79 Å². The smallest absolute Gasteiger partial charge is 0.255 e. The van der Waals surface area contributed by atoms with Crippen LogP contribution >= 0.6 is 0 Å². The Bertz CT molecular complexity index is 700. The van der Waals surface area contributed by atoms with E-state index in [1.807, 2.05) is 34.6 Å². The van der Waals surface area contributed by atoms with Gasteiger partial charge in [-0.15, -0.1) is 10.2 Å². The summed E-state index contributed by atoms with van der Waals surface area (Å²) in [6.07, 6.45) is 8.09. The zero-order valence-corrected chi connectivity index (χ0v) is 15.5. The molecule has 0 N–H and O–H groups in total. The molecule has 0 saturated carbocycles. The van der Waals surface area contributed by atoms with Gasteiger partial charge in [0.2, 0.25) is 0 Å². The van der Waals surface area contributed by atoms with Gasteiger partial charge in [0, 0.05) is 13.1 Å². The Labute approximate surface area is 150 Å². The molecule has 0 atom stereocenters. The van der Waals surface area contributed by atoms with Crippen LogP contribution in [0.25, 0.3) is 5.69 Å². The number of amides is 1. The fraction of sp³-hybridized carbons (Fsp3) is 0.550. The topological polar surface area (TPSA) is 51.0 Å². The number of likely N-dealkylation sites (tertiary alicyclic amines) is 1. The molecular weight excluding hydrogens is 312 g/mol. The molecule has 25 heavy (non-hydrogen) atoms. The van der Waals surface area contributed by atoms with Crippen LogP contribution < -0.4 is 0 Å². The third kappa shape index (κ3) is 4.27. The third-order valence-electron chi connectivity index (χ3n) is 5.13. The van der Waals surface area contributed by atoms with E-state index < -0.39 is 0 Å². The summed E-state index contributed by atoms with van der Waals surface area (Å²) in [6.45, 7) is 8.30. The molecule has 0 unspecified atom stereocenters. The molecule has 1 fully saturated rings. The predicted molar refractivity (Wildman–Crippen MR) is 98.8 cm³/mol. The summed E-state index contributed by atoms with van der Waals surface area (Å²) >= 11 is 0. The van der Waals surface area contributed by atoms with Crippen LogP contribution in [0.4, 0.5) is 0 Å². The van der Waals surface area contributed by atoms with Crippen molar-refractivity contribution in [3.05, 3.63) is 42.0 Å². The third-order valence-corrected chi connectivity index (χ3v) is 5.13. The van der Waals surface area contributed by atoms with Crippen LogP contribution in [-0.2, 0) is 0 Å². The predicted octanol–water partition coefficient (Wildman–Crippen LogP) is 3.86. The van der Waals surface area contributed by atoms with Gasteiger partial charge in [-0.25, -0.2) is 0 Å². The fourth-order valence-corrected chi connectivity index (χ4v) is 3.54. The van der Waals surface area contributed by atoms with E-state index >= 15 is 0 Å². The first-order chi connectivity index (χ1) is 12.0. The van der Waals surface area contributed by atoms with E-state index in [1.165, 1.54) is 12.8 Å². The van der Waals surface area contributed by atoms with Crippen LogP contribution in [0.15, 0.2) is 30.9 Å². The summed E-state index contributed by atoms with van der Waals surface area (Å²) in [6, 6.07) is 5.97. The highest BCUT2D eigenvalue weighted by molar-refractivity contribution is 5.98. The van der Waals surface area contributed by atoms with Crippen LogP contribution in [0, 0.1) is 18.8 Å². The second kappa shape index (κ2) is 7.81. The van der Waals surface area contributed by atoms with Crippen molar-refractivity contribution >= 4 is 5.91 Å². The van der Waals surface area contributed by atoms with Crippen molar-refractivity contribution in [2.75, 3.05) is 13.1 Å². The Kier molecular flexibility index (Phi) is 5.51. The molecule has 3 rings (SSSR count). The molecule has 0 radical (unpaired) electrons. The van der Waals surface area contributed by atoms with E-state index in [0.29, 0.717) is 0 Å². The van der Waals surface area contributed by atoms with Crippen molar-refractivity contribution in [1.82, 2.24) is 19.7 Å². The standard InChI is InChI=1S/C20H28N4O/c1-15(2)4-6-17-8-10-23(11-9-17)20(25)18-12-16(3)5-7-19(18)24-13-21-22-14-24/h5,7,12-15,17H,4,6,8-11H2,1-3H3. The molecule has 1 saturated heterocycles. The Morgan fingerprint density at radius 2 is 1.88 bits per heavy atom. The lowest BCUT2D eigenvalue weighted by molar-refractivity contribution is 0.0684. The van der Waals surface area contributed by atoms with Gasteiger partial charge < -0.3 is 4.90 Å². The average molecular weight is 340 g/mol. The van der Waals surface area contributed by atoms with Gasteiger partial charge in [-0.3, -0.25) is 9.36 Å². The van der Waals surface area contributed by atoms with E-state index in [4.69, 9.17) is 0 Å². The average Bonchev–Trinajstić information content (AvgIpc) is 3.14. The molecule has 0 bridgehead atoms. The highest BCUT2D eigenvalue weighted by Crippen LogP contribution is 2.26. The lowest BCUT2D eigenvalue weighted by Gasteiger charge is -2.33.